The smallest absolute Gasteiger partial charge is 0.170 e. The number of nitrogens with one attached hydrogen (secondary N) is 1. The van der Waals surface area contributed by atoms with Crippen LogP contribution in [0.4, 0.5) is 0 Å². The largest absolute Gasteiger partial charge is 0.313 e. The number of thioether (sulfide) groups is 1. The average molecular weight is 328 g/mol. The standard InChI is InChI=1S/C16H29N3S2/c1-2-17-14-11-9-7-5-3-4-6-8-10-12-15(14)20-16-18-13-19-21-16/h13-15,17H,2-12H2,1H3. The van der Waals surface area contributed by atoms with Crippen LogP contribution in [0.5, 0.6) is 0 Å². The molecule has 0 spiro atoms. The van der Waals surface area contributed by atoms with Crippen molar-refractivity contribution in [2.45, 2.75) is 86.8 Å². The van der Waals surface area contributed by atoms with Crippen molar-refractivity contribution < 1.29 is 0 Å². The summed E-state index contributed by atoms with van der Waals surface area (Å²) in [5.41, 5.74) is 0. The second-order valence-corrected chi connectivity index (χ2v) is 8.20. The van der Waals surface area contributed by atoms with Crippen LogP contribution in [0.1, 0.15) is 71.1 Å². The minimum Gasteiger partial charge on any atom is -0.313 e. The second kappa shape index (κ2) is 10.6. The van der Waals surface area contributed by atoms with Gasteiger partial charge in [-0.05, 0) is 30.9 Å². The van der Waals surface area contributed by atoms with Crippen molar-refractivity contribution >= 4 is 23.3 Å². The average Bonchev–Trinajstić information content (AvgIpc) is 2.98. The Bertz CT molecular complexity index is 356. The lowest BCUT2D eigenvalue weighted by molar-refractivity contribution is 0.420. The number of nitrogens with zero attached hydrogens (tertiary/aromatic N) is 2. The summed E-state index contributed by atoms with van der Waals surface area (Å²) in [6, 6.07) is 0.628. The molecular weight excluding hydrogens is 298 g/mol. The topological polar surface area (TPSA) is 37.8 Å². The van der Waals surface area contributed by atoms with Crippen LogP contribution in [-0.2, 0) is 0 Å². The third-order valence-electron chi connectivity index (χ3n) is 4.26. The van der Waals surface area contributed by atoms with Gasteiger partial charge < -0.3 is 5.32 Å². The van der Waals surface area contributed by atoms with Crippen molar-refractivity contribution in [3.8, 4) is 0 Å². The lowest BCUT2D eigenvalue weighted by Gasteiger charge is -2.27. The van der Waals surface area contributed by atoms with E-state index in [1.807, 2.05) is 11.8 Å². The highest BCUT2D eigenvalue weighted by atomic mass is 32.2. The number of hydrogen-bond acceptors (Lipinski definition) is 5. The van der Waals surface area contributed by atoms with Crippen LogP contribution in [-0.4, -0.2) is 27.2 Å². The molecule has 0 radical (unpaired) electrons. The highest BCUT2D eigenvalue weighted by molar-refractivity contribution is 8.01. The van der Waals surface area contributed by atoms with E-state index in [1.165, 1.54) is 75.7 Å². The Labute approximate surface area is 137 Å². The zero-order valence-corrected chi connectivity index (χ0v) is 14.9. The number of rotatable bonds is 4. The van der Waals surface area contributed by atoms with Gasteiger partial charge in [-0.25, -0.2) is 4.98 Å². The maximum atomic E-state index is 4.38. The van der Waals surface area contributed by atoms with E-state index in [9.17, 15) is 0 Å². The first-order valence-corrected chi connectivity index (χ1v) is 10.2. The van der Waals surface area contributed by atoms with E-state index in [0.29, 0.717) is 11.3 Å². The van der Waals surface area contributed by atoms with Crippen molar-refractivity contribution in [1.82, 2.24) is 14.7 Å². The van der Waals surface area contributed by atoms with Gasteiger partial charge in [0.2, 0.25) is 0 Å². The van der Waals surface area contributed by atoms with Gasteiger partial charge in [0.25, 0.3) is 0 Å². The van der Waals surface area contributed by atoms with Gasteiger partial charge in [0.05, 0.1) is 0 Å². The zero-order valence-electron chi connectivity index (χ0n) is 13.2. The van der Waals surface area contributed by atoms with Crippen molar-refractivity contribution in [2.24, 2.45) is 0 Å². The van der Waals surface area contributed by atoms with Gasteiger partial charge in [-0.1, -0.05) is 70.1 Å². The van der Waals surface area contributed by atoms with Gasteiger partial charge in [0.15, 0.2) is 4.34 Å². The molecule has 120 valence electrons. The first kappa shape index (κ1) is 17.2. The van der Waals surface area contributed by atoms with E-state index in [2.05, 4.69) is 21.6 Å². The van der Waals surface area contributed by atoms with Crippen LogP contribution in [0, 0.1) is 0 Å². The van der Waals surface area contributed by atoms with Gasteiger partial charge in [-0.3, -0.25) is 0 Å². The summed E-state index contributed by atoms with van der Waals surface area (Å²) >= 11 is 3.49. The molecule has 1 aromatic rings. The molecule has 5 heteroatoms. The van der Waals surface area contributed by atoms with Gasteiger partial charge in [-0.15, -0.1) is 0 Å². The molecule has 2 atom stereocenters. The van der Waals surface area contributed by atoms with Gasteiger partial charge in [0, 0.05) is 11.3 Å². The molecule has 2 unspecified atom stereocenters. The minimum absolute atomic E-state index is 0.628. The summed E-state index contributed by atoms with van der Waals surface area (Å²) in [5, 5.41) is 4.38. The van der Waals surface area contributed by atoms with E-state index in [0.717, 1.165) is 10.9 Å². The molecule has 0 amide bonds. The molecule has 1 aliphatic carbocycles. The van der Waals surface area contributed by atoms with Crippen molar-refractivity contribution in [3.63, 3.8) is 0 Å². The molecule has 0 aromatic carbocycles. The Morgan fingerprint density at radius 3 is 2.38 bits per heavy atom. The molecule has 1 heterocycles. The summed E-state index contributed by atoms with van der Waals surface area (Å²) in [4.78, 5) is 4.38. The summed E-state index contributed by atoms with van der Waals surface area (Å²) in [6.45, 7) is 3.29. The lowest BCUT2D eigenvalue weighted by atomic mass is 9.97. The summed E-state index contributed by atoms with van der Waals surface area (Å²) in [5.74, 6) is 0. The third-order valence-corrected chi connectivity index (χ3v) is 6.41. The fraction of sp³-hybridized carbons (Fsp3) is 0.875. The van der Waals surface area contributed by atoms with Crippen LogP contribution < -0.4 is 5.32 Å². The first-order valence-electron chi connectivity index (χ1n) is 8.57. The fourth-order valence-electron chi connectivity index (χ4n) is 3.14. The van der Waals surface area contributed by atoms with Crippen LogP contribution in [0.3, 0.4) is 0 Å². The van der Waals surface area contributed by atoms with Crippen LogP contribution in [0.15, 0.2) is 10.7 Å². The van der Waals surface area contributed by atoms with E-state index < -0.39 is 0 Å². The van der Waals surface area contributed by atoms with Crippen LogP contribution in [0.2, 0.25) is 0 Å². The molecule has 21 heavy (non-hydrogen) atoms. The van der Waals surface area contributed by atoms with Gasteiger partial charge >= 0.3 is 0 Å². The molecule has 2 rings (SSSR count). The Balaban J connectivity index is 1.95. The quantitative estimate of drug-likeness (QED) is 0.854. The Morgan fingerprint density at radius 1 is 1.10 bits per heavy atom. The zero-order chi connectivity index (χ0) is 14.8. The first-order chi connectivity index (χ1) is 10.4. The summed E-state index contributed by atoms with van der Waals surface area (Å²) in [7, 11) is 0. The summed E-state index contributed by atoms with van der Waals surface area (Å²) < 4.78 is 5.29. The molecule has 1 fully saturated rings. The van der Waals surface area contributed by atoms with Crippen molar-refractivity contribution in [1.29, 1.82) is 0 Å². The highest BCUT2D eigenvalue weighted by Gasteiger charge is 2.22. The van der Waals surface area contributed by atoms with E-state index in [1.54, 1.807) is 6.33 Å². The summed E-state index contributed by atoms with van der Waals surface area (Å²) in [6.07, 6.45) is 15.5. The molecule has 1 N–H and O–H groups in total. The molecule has 0 aliphatic heterocycles. The van der Waals surface area contributed by atoms with Crippen LogP contribution >= 0.6 is 23.3 Å². The predicted molar refractivity (Wildman–Crippen MR) is 93.2 cm³/mol. The second-order valence-electron chi connectivity index (χ2n) is 5.93. The van der Waals surface area contributed by atoms with Gasteiger partial charge in [0.1, 0.15) is 6.33 Å². The van der Waals surface area contributed by atoms with Crippen molar-refractivity contribution in [3.05, 3.63) is 6.33 Å². The van der Waals surface area contributed by atoms with E-state index in [4.69, 9.17) is 0 Å². The van der Waals surface area contributed by atoms with Gasteiger partial charge in [-0.2, -0.15) is 4.37 Å². The fourth-order valence-corrected chi connectivity index (χ4v) is 5.14. The minimum atomic E-state index is 0.628. The van der Waals surface area contributed by atoms with E-state index in [-0.39, 0.29) is 0 Å². The molecule has 0 saturated heterocycles. The molecular formula is C16H29N3S2. The Kier molecular flexibility index (Phi) is 8.67. The molecule has 1 saturated carbocycles. The third kappa shape index (κ3) is 6.66. The molecule has 1 aliphatic rings. The Hall–Kier alpha value is -0.130. The van der Waals surface area contributed by atoms with Crippen LogP contribution in [0.25, 0.3) is 0 Å². The number of aromatic nitrogens is 2. The highest BCUT2D eigenvalue weighted by Crippen LogP contribution is 2.32. The van der Waals surface area contributed by atoms with Crippen molar-refractivity contribution in [2.75, 3.05) is 6.54 Å². The molecule has 3 nitrogen and oxygen atoms in total. The lowest BCUT2D eigenvalue weighted by Crippen LogP contribution is -2.38. The predicted octanol–water partition coefficient (Wildman–Crippen LogP) is 4.89. The maximum Gasteiger partial charge on any atom is 0.170 e. The normalized spacial score (nSPS) is 26.0. The Morgan fingerprint density at radius 2 is 1.76 bits per heavy atom. The van der Waals surface area contributed by atoms with E-state index >= 15 is 0 Å². The molecule has 1 aromatic heterocycles. The number of hydrogen-bond donors (Lipinski definition) is 1. The maximum absolute atomic E-state index is 4.38. The monoisotopic (exact) mass is 327 g/mol. The molecule has 0 bridgehead atoms. The SMILES string of the molecule is CCNC1CCCCCCCCCCC1Sc1ncns1.